The van der Waals surface area contributed by atoms with Gasteiger partial charge in [0.05, 0.1) is 6.61 Å². The van der Waals surface area contributed by atoms with E-state index < -0.39 is 35.0 Å². The number of carbonyl (C=O) groups excluding carboxylic acids is 2. The predicted molar refractivity (Wildman–Crippen MR) is 75.8 cm³/mol. The van der Waals surface area contributed by atoms with E-state index in [1.165, 1.54) is 6.08 Å². The summed E-state index contributed by atoms with van der Waals surface area (Å²) in [5.74, 6) is -1.81. The van der Waals surface area contributed by atoms with Crippen LogP contribution in [0.3, 0.4) is 0 Å². The first kappa shape index (κ1) is 15.5. The van der Waals surface area contributed by atoms with Gasteiger partial charge in [-0.15, -0.1) is 0 Å². The maximum atomic E-state index is 12.4. The van der Waals surface area contributed by atoms with E-state index in [1.54, 1.807) is 26.8 Å². The molecule has 0 amide bonds. The van der Waals surface area contributed by atoms with Crippen LogP contribution >= 0.6 is 0 Å². The molecule has 22 heavy (non-hydrogen) atoms. The summed E-state index contributed by atoms with van der Waals surface area (Å²) in [7, 11) is 0. The minimum atomic E-state index is -1.02. The van der Waals surface area contributed by atoms with Crippen LogP contribution in [0.5, 0.6) is 0 Å². The maximum Gasteiger partial charge on any atom is 0.338 e. The van der Waals surface area contributed by atoms with E-state index in [-0.39, 0.29) is 6.61 Å². The molecule has 122 valence electrons. The topological polar surface area (TPSA) is 71.1 Å². The number of fused-ring (bicyclic) bond motifs is 1. The SMILES string of the molecule is CCOC(=O)[C@H]1OC(C)(C)O[C@@]12CCCCC21C=CC(=O)O1. The van der Waals surface area contributed by atoms with Crippen molar-refractivity contribution in [3.8, 4) is 0 Å². The van der Waals surface area contributed by atoms with Crippen LogP contribution in [0.25, 0.3) is 0 Å². The zero-order valence-electron chi connectivity index (χ0n) is 13.2. The Labute approximate surface area is 129 Å². The highest BCUT2D eigenvalue weighted by Crippen LogP contribution is 2.54. The number of esters is 2. The van der Waals surface area contributed by atoms with Crippen LogP contribution < -0.4 is 0 Å². The lowest BCUT2D eigenvalue weighted by atomic mass is 9.68. The van der Waals surface area contributed by atoms with E-state index in [1.807, 2.05) is 0 Å². The van der Waals surface area contributed by atoms with Gasteiger partial charge in [-0.2, -0.15) is 0 Å². The molecule has 1 aliphatic carbocycles. The van der Waals surface area contributed by atoms with E-state index in [2.05, 4.69) is 0 Å². The monoisotopic (exact) mass is 310 g/mol. The van der Waals surface area contributed by atoms with Crippen molar-refractivity contribution in [2.24, 2.45) is 0 Å². The summed E-state index contributed by atoms with van der Waals surface area (Å²) in [5, 5.41) is 0. The highest BCUT2D eigenvalue weighted by atomic mass is 16.8. The van der Waals surface area contributed by atoms with Crippen molar-refractivity contribution in [2.75, 3.05) is 6.61 Å². The zero-order chi connectivity index (χ0) is 16.0. The highest BCUT2D eigenvalue weighted by Gasteiger charge is 2.69. The first-order valence-electron chi connectivity index (χ1n) is 7.81. The molecule has 2 fully saturated rings. The zero-order valence-corrected chi connectivity index (χ0v) is 13.2. The predicted octanol–water partition coefficient (Wildman–Crippen LogP) is 1.87. The van der Waals surface area contributed by atoms with Crippen molar-refractivity contribution in [2.45, 2.75) is 69.5 Å². The lowest BCUT2D eigenvalue weighted by molar-refractivity contribution is -0.221. The van der Waals surface area contributed by atoms with Gasteiger partial charge < -0.3 is 18.9 Å². The molecular weight excluding hydrogens is 288 g/mol. The van der Waals surface area contributed by atoms with Gasteiger partial charge in [-0.25, -0.2) is 9.59 Å². The van der Waals surface area contributed by atoms with Crippen LogP contribution in [-0.4, -0.2) is 41.6 Å². The average molecular weight is 310 g/mol. The summed E-state index contributed by atoms with van der Waals surface area (Å²) in [6.45, 7) is 5.53. The lowest BCUT2D eigenvalue weighted by Gasteiger charge is -2.47. The summed E-state index contributed by atoms with van der Waals surface area (Å²) in [5.41, 5.74) is -1.98. The number of carbonyl (C=O) groups is 2. The fourth-order valence-electron chi connectivity index (χ4n) is 3.85. The minimum absolute atomic E-state index is 0.262. The Hall–Kier alpha value is -1.40. The number of ether oxygens (including phenoxy) is 4. The number of hydrogen-bond acceptors (Lipinski definition) is 6. The molecule has 0 aromatic heterocycles. The molecule has 3 aliphatic rings. The molecule has 2 heterocycles. The summed E-state index contributed by atoms with van der Waals surface area (Å²) in [4.78, 5) is 24.1. The van der Waals surface area contributed by atoms with E-state index in [0.717, 1.165) is 12.8 Å². The van der Waals surface area contributed by atoms with E-state index in [0.29, 0.717) is 12.8 Å². The Bertz CT molecular complexity index is 525. The number of hydrogen-bond donors (Lipinski definition) is 0. The van der Waals surface area contributed by atoms with Crippen LogP contribution in [0.15, 0.2) is 12.2 Å². The van der Waals surface area contributed by atoms with Crippen LogP contribution in [-0.2, 0) is 28.5 Å². The average Bonchev–Trinajstić information content (AvgIpc) is 2.94. The Balaban J connectivity index is 2.04. The smallest absolute Gasteiger partial charge is 0.338 e. The lowest BCUT2D eigenvalue weighted by Crippen LogP contribution is -2.63. The molecule has 2 aliphatic heterocycles. The normalized spacial score (nSPS) is 39.4. The molecule has 1 saturated heterocycles. The summed E-state index contributed by atoms with van der Waals surface area (Å²) >= 11 is 0. The van der Waals surface area contributed by atoms with E-state index in [4.69, 9.17) is 18.9 Å². The molecule has 2 spiro atoms. The summed E-state index contributed by atoms with van der Waals surface area (Å²) in [6, 6.07) is 0. The quantitative estimate of drug-likeness (QED) is 0.725. The molecule has 6 nitrogen and oxygen atoms in total. The molecule has 0 N–H and O–H groups in total. The second-order valence-corrected chi connectivity index (χ2v) is 6.49. The molecular formula is C16H22O6. The number of rotatable bonds is 2. The second-order valence-electron chi connectivity index (χ2n) is 6.49. The molecule has 0 radical (unpaired) electrons. The second kappa shape index (κ2) is 5.06. The van der Waals surface area contributed by atoms with Crippen LogP contribution in [0.2, 0.25) is 0 Å². The van der Waals surface area contributed by atoms with Crippen molar-refractivity contribution >= 4 is 11.9 Å². The van der Waals surface area contributed by atoms with Crippen LogP contribution in [0.1, 0.15) is 46.5 Å². The largest absolute Gasteiger partial charge is 0.464 e. The highest BCUT2D eigenvalue weighted by molar-refractivity contribution is 5.86. The van der Waals surface area contributed by atoms with Crippen molar-refractivity contribution in [1.82, 2.24) is 0 Å². The van der Waals surface area contributed by atoms with Crippen molar-refractivity contribution in [1.29, 1.82) is 0 Å². The third-order valence-corrected chi connectivity index (χ3v) is 4.59. The standard InChI is InChI=1S/C16H22O6/c1-4-19-13(18)12-16(22-14(2,3)21-12)9-6-5-8-15(16)10-7-11(17)20-15/h7,10,12H,4-6,8-9H2,1-3H3/t12-,15?,16+/m1/s1. The fourth-order valence-corrected chi connectivity index (χ4v) is 3.85. The Kier molecular flexibility index (Phi) is 3.57. The molecule has 1 unspecified atom stereocenters. The van der Waals surface area contributed by atoms with Gasteiger partial charge in [-0.05, 0) is 46.1 Å². The molecule has 6 heteroatoms. The third kappa shape index (κ3) is 2.16. The Morgan fingerprint density at radius 1 is 1.36 bits per heavy atom. The van der Waals surface area contributed by atoms with Gasteiger partial charge in [0.15, 0.2) is 23.1 Å². The fraction of sp³-hybridized carbons (Fsp3) is 0.750. The molecule has 0 bridgehead atoms. The van der Waals surface area contributed by atoms with Crippen LogP contribution in [0.4, 0.5) is 0 Å². The van der Waals surface area contributed by atoms with Crippen molar-refractivity contribution in [3.05, 3.63) is 12.2 Å². The minimum Gasteiger partial charge on any atom is -0.464 e. The van der Waals surface area contributed by atoms with Crippen molar-refractivity contribution in [3.63, 3.8) is 0 Å². The van der Waals surface area contributed by atoms with Gasteiger partial charge >= 0.3 is 11.9 Å². The molecule has 1 saturated carbocycles. The molecule has 0 aromatic rings. The molecule has 3 rings (SSSR count). The summed E-state index contributed by atoms with van der Waals surface area (Å²) < 4.78 is 22.8. The maximum absolute atomic E-state index is 12.4. The summed E-state index contributed by atoms with van der Waals surface area (Å²) in [6.07, 6.45) is 5.21. The Morgan fingerprint density at radius 2 is 2.09 bits per heavy atom. The van der Waals surface area contributed by atoms with Gasteiger partial charge in [0, 0.05) is 6.08 Å². The van der Waals surface area contributed by atoms with Gasteiger partial charge in [-0.1, -0.05) is 6.42 Å². The van der Waals surface area contributed by atoms with Gasteiger partial charge in [0.2, 0.25) is 0 Å². The molecule has 3 atom stereocenters. The Morgan fingerprint density at radius 3 is 2.73 bits per heavy atom. The van der Waals surface area contributed by atoms with Gasteiger partial charge in [0.1, 0.15) is 0 Å². The van der Waals surface area contributed by atoms with Crippen molar-refractivity contribution < 1.29 is 28.5 Å². The first-order chi connectivity index (χ1) is 10.3. The van der Waals surface area contributed by atoms with E-state index in [9.17, 15) is 9.59 Å². The van der Waals surface area contributed by atoms with Crippen LogP contribution in [0, 0.1) is 0 Å². The first-order valence-corrected chi connectivity index (χ1v) is 7.81. The molecule has 0 aromatic carbocycles. The van der Waals surface area contributed by atoms with Gasteiger partial charge in [0.25, 0.3) is 0 Å². The van der Waals surface area contributed by atoms with Gasteiger partial charge in [-0.3, -0.25) is 0 Å². The third-order valence-electron chi connectivity index (χ3n) is 4.59. The van der Waals surface area contributed by atoms with E-state index >= 15 is 0 Å².